The maximum Gasteiger partial charge on any atom is 0.220 e. The summed E-state index contributed by atoms with van der Waals surface area (Å²) in [5.74, 6) is 2.08. The normalized spacial score (nSPS) is 10.1. The molecule has 0 aliphatic rings. The molecule has 2 amide bonds. The molecule has 0 aliphatic heterocycles. The minimum absolute atomic E-state index is 0.134. The van der Waals surface area contributed by atoms with Crippen molar-refractivity contribution < 1.29 is 9.59 Å². The fourth-order valence-electron chi connectivity index (χ4n) is 1.21. The summed E-state index contributed by atoms with van der Waals surface area (Å²) in [5, 5.41) is 5.73. The van der Waals surface area contributed by atoms with Crippen LogP contribution in [0.5, 0.6) is 0 Å². The van der Waals surface area contributed by atoms with Crippen molar-refractivity contribution in [3.8, 4) is 0 Å². The van der Waals surface area contributed by atoms with Gasteiger partial charge in [0.2, 0.25) is 11.8 Å². The van der Waals surface area contributed by atoms with Gasteiger partial charge in [-0.25, -0.2) is 0 Å². The lowest BCUT2D eigenvalue weighted by Gasteiger charge is -2.05. The summed E-state index contributed by atoms with van der Waals surface area (Å²) in [7, 11) is 3.46. The fraction of sp³-hybridized carbons (Fsp3) is 0.833. The molecule has 0 fully saturated rings. The largest absolute Gasteiger partial charge is 0.355 e. The minimum Gasteiger partial charge on any atom is -0.355 e. The van der Waals surface area contributed by atoms with Gasteiger partial charge in [-0.05, 0) is 12.8 Å². The van der Waals surface area contributed by atoms with Gasteiger partial charge in [0.15, 0.2) is 0 Å². The quantitative estimate of drug-likeness (QED) is 0.453. The van der Waals surface area contributed by atoms with Crippen LogP contribution < -0.4 is 10.6 Å². The zero-order chi connectivity index (χ0) is 13.6. The van der Waals surface area contributed by atoms with Crippen molar-refractivity contribution in [1.29, 1.82) is 0 Å². The lowest BCUT2D eigenvalue weighted by molar-refractivity contribution is -0.121. The Labute approximate surface area is 118 Å². The summed E-state index contributed by atoms with van der Waals surface area (Å²) in [5.41, 5.74) is 0. The molecule has 0 heterocycles. The molecule has 0 atom stereocenters. The Kier molecular flexibility index (Phi) is 12.8. The van der Waals surface area contributed by atoms with Gasteiger partial charge in [0.05, 0.1) is 0 Å². The van der Waals surface area contributed by atoms with Crippen LogP contribution in [-0.4, -0.2) is 36.4 Å². The highest BCUT2D eigenvalue weighted by Gasteiger charge is 1.99. The second-order valence-electron chi connectivity index (χ2n) is 3.84. The van der Waals surface area contributed by atoms with Gasteiger partial charge in [-0.3, -0.25) is 9.59 Å². The average molecular weight is 292 g/mol. The second kappa shape index (κ2) is 13.1. The summed E-state index contributed by atoms with van der Waals surface area (Å²) >= 11 is 0. The van der Waals surface area contributed by atoms with E-state index in [2.05, 4.69) is 10.6 Å². The highest BCUT2D eigenvalue weighted by molar-refractivity contribution is 8.76. The molecular weight excluding hydrogens is 268 g/mol. The summed E-state index contributed by atoms with van der Waals surface area (Å²) in [6, 6.07) is 0. The van der Waals surface area contributed by atoms with E-state index in [9.17, 15) is 9.59 Å². The molecule has 0 unspecified atom stereocenters. The average Bonchev–Trinajstić information content (AvgIpc) is 2.33. The first-order chi connectivity index (χ1) is 8.70. The Bertz CT molecular complexity index is 214. The van der Waals surface area contributed by atoms with E-state index in [4.69, 9.17) is 0 Å². The third-order valence-electron chi connectivity index (χ3n) is 2.05. The van der Waals surface area contributed by atoms with Gasteiger partial charge in [-0.15, -0.1) is 0 Å². The Morgan fingerprint density at radius 2 is 1.22 bits per heavy atom. The number of hydrogen-bond donors (Lipinski definition) is 2. The van der Waals surface area contributed by atoms with Gasteiger partial charge >= 0.3 is 0 Å². The summed E-state index contributed by atoms with van der Waals surface area (Å²) in [4.78, 5) is 22.3. The molecular formula is C12H24N2O2S2. The van der Waals surface area contributed by atoms with E-state index in [0.29, 0.717) is 12.8 Å². The molecule has 6 heteroatoms. The van der Waals surface area contributed by atoms with Gasteiger partial charge in [-0.1, -0.05) is 35.4 Å². The zero-order valence-corrected chi connectivity index (χ0v) is 12.9. The van der Waals surface area contributed by atoms with E-state index in [1.165, 1.54) is 0 Å². The summed E-state index contributed by atoms with van der Waals surface area (Å²) in [6.07, 6.45) is 3.01. The van der Waals surface area contributed by atoms with E-state index in [1.54, 1.807) is 21.6 Å². The molecule has 0 saturated heterocycles. The van der Waals surface area contributed by atoms with Crippen molar-refractivity contribution in [2.75, 3.05) is 24.6 Å². The molecule has 18 heavy (non-hydrogen) atoms. The van der Waals surface area contributed by atoms with Crippen molar-refractivity contribution in [2.24, 2.45) is 0 Å². The van der Waals surface area contributed by atoms with Gasteiger partial charge in [0, 0.05) is 37.4 Å². The first-order valence-corrected chi connectivity index (χ1v) is 8.97. The van der Waals surface area contributed by atoms with E-state index in [1.807, 2.05) is 13.8 Å². The Balaban J connectivity index is 3.16. The molecule has 0 radical (unpaired) electrons. The van der Waals surface area contributed by atoms with Gasteiger partial charge < -0.3 is 10.6 Å². The predicted octanol–water partition coefficient (Wildman–Crippen LogP) is 2.20. The van der Waals surface area contributed by atoms with Crippen LogP contribution in [-0.2, 0) is 9.59 Å². The van der Waals surface area contributed by atoms with Crippen LogP contribution in [0.1, 0.15) is 39.5 Å². The van der Waals surface area contributed by atoms with Crippen molar-refractivity contribution in [3.05, 3.63) is 0 Å². The van der Waals surface area contributed by atoms with Crippen LogP contribution in [0.2, 0.25) is 0 Å². The van der Waals surface area contributed by atoms with Crippen molar-refractivity contribution in [2.45, 2.75) is 39.5 Å². The molecule has 4 nitrogen and oxygen atoms in total. The van der Waals surface area contributed by atoms with E-state index < -0.39 is 0 Å². The van der Waals surface area contributed by atoms with E-state index in [-0.39, 0.29) is 11.8 Å². The molecule has 0 bridgehead atoms. The van der Waals surface area contributed by atoms with Crippen molar-refractivity contribution >= 4 is 33.4 Å². The third kappa shape index (κ3) is 12.1. The fourth-order valence-corrected chi connectivity index (χ4v) is 3.03. The Morgan fingerprint density at radius 3 is 1.56 bits per heavy atom. The standard InChI is InChI=1S/C12H24N2O2S2/c1-3-5-11(15)13-7-9-17-18-10-8-14-12(16)6-4-2/h3-10H2,1-2H3,(H,13,15)(H,14,16). The van der Waals surface area contributed by atoms with Gasteiger partial charge in [0.25, 0.3) is 0 Å². The lowest BCUT2D eigenvalue weighted by Crippen LogP contribution is -2.25. The monoisotopic (exact) mass is 292 g/mol. The molecule has 0 aromatic heterocycles. The number of carbonyl (C=O) groups excluding carboxylic acids is 2. The maximum absolute atomic E-state index is 11.1. The first-order valence-electron chi connectivity index (χ1n) is 6.48. The highest BCUT2D eigenvalue weighted by atomic mass is 33.1. The van der Waals surface area contributed by atoms with Crippen LogP contribution in [0.4, 0.5) is 0 Å². The summed E-state index contributed by atoms with van der Waals surface area (Å²) in [6.45, 7) is 5.44. The Morgan fingerprint density at radius 1 is 0.833 bits per heavy atom. The number of hydrogen-bond acceptors (Lipinski definition) is 4. The van der Waals surface area contributed by atoms with Crippen LogP contribution in [0.3, 0.4) is 0 Å². The molecule has 106 valence electrons. The van der Waals surface area contributed by atoms with E-state index >= 15 is 0 Å². The molecule has 0 saturated carbocycles. The number of rotatable bonds is 11. The summed E-state index contributed by atoms with van der Waals surface area (Å²) < 4.78 is 0. The molecule has 0 spiro atoms. The second-order valence-corrected chi connectivity index (χ2v) is 6.55. The smallest absolute Gasteiger partial charge is 0.220 e. The minimum atomic E-state index is 0.134. The molecule has 0 rings (SSSR count). The van der Waals surface area contributed by atoms with Gasteiger partial charge in [0.1, 0.15) is 0 Å². The van der Waals surface area contributed by atoms with Crippen LogP contribution >= 0.6 is 21.6 Å². The molecule has 2 N–H and O–H groups in total. The number of nitrogens with one attached hydrogen (secondary N) is 2. The molecule has 0 aromatic rings. The topological polar surface area (TPSA) is 58.2 Å². The lowest BCUT2D eigenvalue weighted by atomic mass is 10.3. The number of carbonyl (C=O) groups is 2. The molecule has 0 aliphatic carbocycles. The van der Waals surface area contributed by atoms with Crippen LogP contribution in [0.15, 0.2) is 0 Å². The van der Waals surface area contributed by atoms with Crippen molar-refractivity contribution in [1.82, 2.24) is 10.6 Å². The van der Waals surface area contributed by atoms with Crippen molar-refractivity contribution in [3.63, 3.8) is 0 Å². The zero-order valence-electron chi connectivity index (χ0n) is 11.3. The third-order valence-corrected chi connectivity index (χ3v) is 4.46. The SMILES string of the molecule is CCCC(=O)NCCSSCCNC(=O)CCC. The van der Waals surface area contributed by atoms with Crippen LogP contribution in [0.25, 0.3) is 0 Å². The Hall–Kier alpha value is -0.360. The van der Waals surface area contributed by atoms with Gasteiger partial charge in [-0.2, -0.15) is 0 Å². The first kappa shape index (κ1) is 17.6. The van der Waals surface area contributed by atoms with Crippen LogP contribution in [0, 0.1) is 0 Å². The number of amides is 2. The predicted molar refractivity (Wildman–Crippen MR) is 80.8 cm³/mol. The molecule has 0 aromatic carbocycles. The highest BCUT2D eigenvalue weighted by Crippen LogP contribution is 2.19. The van der Waals surface area contributed by atoms with E-state index in [0.717, 1.165) is 37.4 Å². The maximum atomic E-state index is 11.1.